The van der Waals surface area contributed by atoms with Gasteiger partial charge in [-0.1, -0.05) is 6.07 Å². The Balaban J connectivity index is 2.68. The maximum absolute atomic E-state index is 5.82. The maximum atomic E-state index is 5.82. The standard InChI is InChI=1S/C10H8ClIS2/c1-13-10-9(12)7-4-6(5-11)2-3-8(7)14-10/h2-4H,5H2,1H3. The van der Waals surface area contributed by atoms with E-state index in [1.165, 1.54) is 23.4 Å². The van der Waals surface area contributed by atoms with Crippen molar-refractivity contribution in [1.82, 2.24) is 0 Å². The van der Waals surface area contributed by atoms with Crippen LogP contribution < -0.4 is 0 Å². The Bertz CT molecular complexity index is 464. The van der Waals surface area contributed by atoms with E-state index >= 15 is 0 Å². The molecule has 1 aromatic carbocycles. The summed E-state index contributed by atoms with van der Waals surface area (Å²) in [6, 6.07) is 6.46. The molecule has 4 heteroatoms. The Morgan fingerprint density at radius 3 is 2.93 bits per heavy atom. The minimum atomic E-state index is 0.594. The Morgan fingerprint density at radius 2 is 2.29 bits per heavy atom. The largest absolute Gasteiger partial charge is 0.128 e. The molecule has 0 fully saturated rings. The van der Waals surface area contributed by atoms with E-state index in [1.54, 1.807) is 0 Å². The van der Waals surface area contributed by atoms with Crippen LogP contribution in [0.3, 0.4) is 0 Å². The van der Waals surface area contributed by atoms with E-state index in [4.69, 9.17) is 11.6 Å². The van der Waals surface area contributed by atoms with E-state index in [9.17, 15) is 0 Å². The van der Waals surface area contributed by atoms with Gasteiger partial charge in [-0.05, 0) is 46.5 Å². The lowest BCUT2D eigenvalue weighted by molar-refractivity contribution is 1.43. The van der Waals surface area contributed by atoms with Gasteiger partial charge in [-0.2, -0.15) is 0 Å². The second-order valence-electron chi connectivity index (χ2n) is 2.87. The molecule has 0 atom stereocenters. The zero-order valence-corrected chi connectivity index (χ0v) is 12.1. The van der Waals surface area contributed by atoms with Gasteiger partial charge in [0.05, 0.1) is 4.21 Å². The number of rotatable bonds is 2. The minimum absolute atomic E-state index is 0.594. The number of fused-ring (bicyclic) bond motifs is 1. The van der Waals surface area contributed by atoms with Crippen molar-refractivity contribution in [3.63, 3.8) is 0 Å². The van der Waals surface area contributed by atoms with Crippen molar-refractivity contribution >= 4 is 67.4 Å². The number of benzene rings is 1. The normalized spacial score (nSPS) is 11.1. The van der Waals surface area contributed by atoms with Crippen LogP contribution in [0.5, 0.6) is 0 Å². The lowest BCUT2D eigenvalue weighted by Gasteiger charge is -1.95. The van der Waals surface area contributed by atoms with Gasteiger partial charge in [0.2, 0.25) is 0 Å². The average molecular weight is 355 g/mol. The van der Waals surface area contributed by atoms with Gasteiger partial charge in [-0.3, -0.25) is 0 Å². The van der Waals surface area contributed by atoms with Gasteiger partial charge in [0, 0.05) is 19.5 Å². The van der Waals surface area contributed by atoms with Crippen LogP contribution in [0.25, 0.3) is 10.1 Å². The highest BCUT2D eigenvalue weighted by molar-refractivity contribution is 14.1. The molecule has 1 aromatic heterocycles. The van der Waals surface area contributed by atoms with E-state index in [2.05, 4.69) is 47.0 Å². The quantitative estimate of drug-likeness (QED) is 0.417. The van der Waals surface area contributed by atoms with Gasteiger partial charge >= 0.3 is 0 Å². The van der Waals surface area contributed by atoms with Crippen LogP contribution >= 0.6 is 57.3 Å². The molecule has 0 saturated heterocycles. The molecule has 0 bridgehead atoms. The lowest BCUT2D eigenvalue weighted by Crippen LogP contribution is -1.76. The van der Waals surface area contributed by atoms with E-state index in [-0.39, 0.29) is 0 Å². The fourth-order valence-corrected chi connectivity index (χ4v) is 4.79. The number of halogens is 2. The first-order valence-electron chi connectivity index (χ1n) is 4.07. The molecule has 2 rings (SSSR count). The molecule has 2 aromatic rings. The van der Waals surface area contributed by atoms with Gasteiger partial charge in [-0.15, -0.1) is 34.7 Å². The molecule has 0 spiro atoms. The summed E-state index contributed by atoms with van der Waals surface area (Å²) < 4.78 is 4.11. The van der Waals surface area contributed by atoms with Crippen LogP contribution in [0, 0.1) is 3.57 Å². The fraction of sp³-hybridized carbons (Fsp3) is 0.200. The molecule has 0 amide bonds. The number of alkyl halides is 1. The molecule has 0 unspecified atom stereocenters. The van der Waals surface area contributed by atoms with Crippen LogP contribution in [0.15, 0.2) is 22.4 Å². The summed E-state index contributed by atoms with van der Waals surface area (Å²) in [5.41, 5.74) is 1.20. The number of thiophene rings is 1. The maximum Gasteiger partial charge on any atom is 0.0742 e. The number of hydrogen-bond donors (Lipinski definition) is 0. The van der Waals surface area contributed by atoms with Crippen molar-refractivity contribution in [1.29, 1.82) is 0 Å². The summed E-state index contributed by atoms with van der Waals surface area (Å²) in [7, 11) is 0. The van der Waals surface area contributed by atoms with E-state index in [1.807, 2.05) is 23.1 Å². The molecule has 0 aliphatic heterocycles. The smallest absolute Gasteiger partial charge is 0.0742 e. The third kappa shape index (κ3) is 1.92. The van der Waals surface area contributed by atoms with E-state index in [0.29, 0.717) is 5.88 Å². The molecule has 74 valence electrons. The third-order valence-corrected chi connectivity index (χ3v) is 6.45. The van der Waals surface area contributed by atoms with Crippen LogP contribution in [0.2, 0.25) is 0 Å². The first kappa shape index (κ1) is 11.0. The molecular weight excluding hydrogens is 347 g/mol. The second kappa shape index (κ2) is 4.60. The fourth-order valence-electron chi connectivity index (χ4n) is 1.31. The summed E-state index contributed by atoms with van der Waals surface area (Å²) in [5, 5.41) is 1.35. The van der Waals surface area contributed by atoms with Gasteiger partial charge in [0.1, 0.15) is 0 Å². The molecular formula is C10H8ClIS2. The Morgan fingerprint density at radius 1 is 1.50 bits per heavy atom. The third-order valence-electron chi connectivity index (χ3n) is 2.00. The molecule has 0 N–H and O–H groups in total. The van der Waals surface area contributed by atoms with Crippen LogP contribution in [0.4, 0.5) is 0 Å². The lowest BCUT2D eigenvalue weighted by atomic mass is 10.2. The Kier molecular flexibility index (Phi) is 3.63. The highest BCUT2D eigenvalue weighted by Crippen LogP contribution is 2.38. The SMILES string of the molecule is CSc1sc2ccc(CCl)cc2c1I. The van der Waals surface area contributed by atoms with Crippen LogP contribution in [-0.4, -0.2) is 6.26 Å². The second-order valence-corrected chi connectivity index (χ2v) is 6.34. The summed E-state index contributed by atoms with van der Waals surface area (Å²) in [4.78, 5) is 0. The van der Waals surface area contributed by atoms with Crippen molar-refractivity contribution in [2.24, 2.45) is 0 Å². The van der Waals surface area contributed by atoms with Gasteiger partial charge in [0.25, 0.3) is 0 Å². The zero-order chi connectivity index (χ0) is 10.1. The monoisotopic (exact) mass is 354 g/mol. The molecule has 0 nitrogen and oxygen atoms in total. The van der Waals surface area contributed by atoms with Crippen molar-refractivity contribution in [3.05, 3.63) is 27.3 Å². The van der Waals surface area contributed by atoms with Crippen molar-refractivity contribution in [2.75, 3.05) is 6.26 Å². The summed E-state index contributed by atoms with van der Waals surface area (Å²) in [6.45, 7) is 0. The minimum Gasteiger partial charge on any atom is -0.128 e. The van der Waals surface area contributed by atoms with Gasteiger partial charge in [0.15, 0.2) is 0 Å². The highest BCUT2D eigenvalue weighted by atomic mass is 127. The molecule has 0 radical (unpaired) electrons. The molecule has 0 saturated carbocycles. The van der Waals surface area contributed by atoms with Crippen molar-refractivity contribution in [3.8, 4) is 0 Å². The first-order valence-corrected chi connectivity index (χ1v) is 7.72. The predicted octanol–water partition coefficient (Wildman–Crippen LogP) is 4.97. The summed E-state index contributed by atoms with van der Waals surface area (Å²) >= 11 is 11.9. The summed E-state index contributed by atoms with van der Waals surface area (Å²) in [5.74, 6) is 0.594. The Labute approximate surface area is 110 Å². The Hall–Kier alpha value is 0.550. The van der Waals surface area contributed by atoms with E-state index in [0.717, 1.165) is 0 Å². The topological polar surface area (TPSA) is 0 Å². The van der Waals surface area contributed by atoms with Crippen LogP contribution in [0.1, 0.15) is 5.56 Å². The zero-order valence-electron chi connectivity index (χ0n) is 7.51. The molecule has 0 aliphatic rings. The molecule has 1 heterocycles. The first-order chi connectivity index (χ1) is 6.76. The number of thioether (sulfide) groups is 1. The number of hydrogen-bond acceptors (Lipinski definition) is 2. The van der Waals surface area contributed by atoms with Crippen LogP contribution in [-0.2, 0) is 5.88 Å². The highest BCUT2D eigenvalue weighted by Gasteiger charge is 2.08. The van der Waals surface area contributed by atoms with Crippen molar-refractivity contribution in [2.45, 2.75) is 10.1 Å². The average Bonchev–Trinajstić information content (AvgIpc) is 2.55. The molecule has 14 heavy (non-hydrogen) atoms. The van der Waals surface area contributed by atoms with Gasteiger partial charge in [-0.25, -0.2) is 0 Å². The van der Waals surface area contributed by atoms with Gasteiger partial charge < -0.3 is 0 Å². The van der Waals surface area contributed by atoms with Crippen molar-refractivity contribution < 1.29 is 0 Å². The molecule has 0 aliphatic carbocycles. The van der Waals surface area contributed by atoms with E-state index < -0.39 is 0 Å². The summed E-state index contributed by atoms with van der Waals surface area (Å²) in [6.07, 6.45) is 2.12. The predicted molar refractivity (Wildman–Crippen MR) is 75.9 cm³/mol.